The molecule has 0 radical (unpaired) electrons. The van der Waals surface area contributed by atoms with Crippen molar-refractivity contribution in [3.8, 4) is 0 Å². The Hall–Kier alpha value is -2.07. The fourth-order valence-corrected chi connectivity index (χ4v) is 4.43. The summed E-state index contributed by atoms with van der Waals surface area (Å²) < 4.78 is 4.45. The average molecular weight is 481 g/mol. The molecule has 1 atom stereocenters. The van der Waals surface area contributed by atoms with Gasteiger partial charge in [-0.2, -0.15) is 11.8 Å². The Bertz CT molecular complexity index is 996. The number of aromatic nitrogens is 4. The lowest BCUT2D eigenvalue weighted by atomic mass is 10.1. The van der Waals surface area contributed by atoms with E-state index in [-0.39, 0.29) is 17.2 Å². The predicted octanol–water partition coefficient (Wildman–Crippen LogP) is 2.14. The van der Waals surface area contributed by atoms with E-state index < -0.39 is 6.04 Å². The number of rotatable bonds is 16. The molecule has 0 aliphatic rings. The highest BCUT2D eigenvalue weighted by molar-refractivity contribution is 7.98. The highest BCUT2D eigenvalue weighted by Crippen LogP contribution is 2.10. The molecule has 0 bridgehead atoms. The highest BCUT2D eigenvalue weighted by Gasteiger charge is 2.14. The predicted molar refractivity (Wildman–Crippen MR) is 136 cm³/mol. The van der Waals surface area contributed by atoms with Crippen LogP contribution in [0.1, 0.15) is 64.2 Å². The minimum absolute atomic E-state index is 0.0376. The fourth-order valence-electron chi connectivity index (χ4n) is 3.94. The minimum atomic E-state index is -0.392. The second kappa shape index (κ2) is 14.2. The molecule has 186 valence electrons. The molecule has 2 aromatic rings. The number of unbranched alkanes of at least 4 members (excludes halogenated alkanes) is 8. The van der Waals surface area contributed by atoms with E-state index in [9.17, 15) is 14.4 Å². The van der Waals surface area contributed by atoms with E-state index in [0.29, 0.717) is 24.3 Å². The smallest absolute Gasteiger partial charge is 0.332 e. The van der Waals surface area contributed by atoms with Crippen molar-refractivity contribution in [1.82, 2.24) is 24.0 Å². The van der Waals surface area contributed by atoms with E-state index in [2.05, 4.69) is 10.3 Å². The molecule has 33 heavy (non-hydrogen) atoms. The van der Waals surface area contributed by atoms with Crippen LogP contribution >= 0.6 is 11.8 Å². The summed E-state index contributed by atoms with van der Waals surface area (Å²) in [4.78, 5) is 41.1. The van der Waals surface area contributed by atoms with E-state index in [1.54, 1.807) is 36.8 Å². The SMILES string of the molecule is CSCCC(N)C(=O)NCCCCCCCCCCCn1c(=O)c2c(ncn2C)n(C)c1=O. The van der Waals surface area contributed by atoms with Crippen molar-refractivity contribution in [2.45, 2.75) is 76.8 Å². The maximum atomic E-state index is 12.7. The van der Waals surface area contributed by atoms with Gasteiger partial charge >= 0.3 is 5.69 Å². The number of fused-ring (bicyclic) bond motifs is 1. The molecule has 2 aromatic heterocycles. The van der Waals surface area contributed by atoms with Crippen LogP contribution < -0.4 is 22.3 Å². The lowest BCUT2D eigenvalue weighted by molar-refractivity contribution is -0.122. The molecule has 0 fully saturated rings. The molecular formula is C23H40N6O3S. The molecule has 2 heterocycles. The number of nitrogens with two attached hydrogens (primary N) is 1. The molecule has 0 aromatic carbocycles. The molecule has 1 unspecified atom stereocenters. The second-order valence-electron chi connectivity index (χ2n) is 8.69. The normalized spacial score (nSPS) is 12.4. The van der Waals surface area contributed by atoms with E-state index in [1.807, 2.05) is 6.26 Å². The van der Waals surface area contributed by atoms with Crippen molar-refractivity contribution in [1.29, 1.82) is 0 Å². The molecule has 0 aliphatic carbocycles. The minimum Gasteiger partial charge on any atom is -0.355 e. The van der Waals surface area contributed by atoms with Gasteiger partial charge in [0, 0.05) is 27.2 Å². The van der Waals surface area contributed by atoms with Gasteiger partial charge < -0.3 is 15.6 Å². The Balaban J connectivity index is 1.54. The third-order valence-corrected chi connectivity index (χ3v) is 6.67. The molecule has 1 amide bonds. The van der Waals surface area contributed by atoms with Gasteiger partial charge in [-0.3, -0.25) is 18.7 Å². The molecule has 0 aliphatic heterocycles. The van der Waals surface area contributed by atoms with Gasteiger partial charge in [0.25, 0.3) is 5.56 Å². The van der Waals surface area contributed by atoms with Gasteiger partial charge in [0.15, 0.2) is 11.2 Å². The largest absolute Gasteiger partial charge is 0.355 e. The van der Waals surface area contributed by atoms with Gasteiger partial charge in [-0.15, -0.1) is 0 Å². The zero-order valence-electron chi connectivity index (χ0n) is 20.3. The monoisotopic (exact) mass is 480 g/mol. The van der Waals surface area contributed by atoms with E-state index in [0.717, 1.165) is 50.7 Å². The quantitative estimate of drug-likeness (QED) is 0.356. The second-order valence-corrected chi connectivity index (χ2v) is 9.67. The van der Waals surface area contributed by atoms with Crippen molar-refractivity contribution in [2.75, 3.05) is 18.6 Å². The lowest BCUT2D eigenvalue weighted by Gasteiger charge is -2.11. The summed E-state index contributed by atoms with van der Waals surface area (Å²) in [7, 11) is 3.42. The van der Waals surface area contributed by atoms with Crippen molar-refractivity contribution in [2.24, 2.45) is 19.8 Å². The number of aryl methyl sites for hydroxylation is 2. The first-order chi connectivity index (χ1) is 15.9. The average Bonchev–Trinajstić information content (AvgIpc) is 3.20. The van der Waals surface area contributed by atoms with Crippen molar-refractivity contribution in [3.05, 3.63) is 27.2 Å². The van der Waals surface area contributed by atoms with Crippen LogP contribution in [0.3, 0.4) is 0 Å². The number of hydrogen-bond donors (Lipinski definition) is 2. The van der Waals surface area contributed by atoms with Gasteiger partial charge in [-0.25, -0.2) is 9.78 Å². The number of imidazole rings is 1. The first-order valence-corrected chi connectivity index (χ1v) is 13.4. The van der Waals surface area contributed by atoms with Gasteiger partial charge in [0.1, 0.15) is 0 Å². The Morgan fingerprint density at radius 1 is 1.06 bits per heavy atom. The van der Waals surface area contributed by atoms with E-state index >= 15 is 0 Å². The summed E-state index contributed by atoms with van der Waals surface area (Å²) in [5, 5.41) is 2.93. The van der Waals surface area contributed by atoms with Crippen LogP contribution in [0, 0.1) is 0 Å². The number of carbonyl (C=O) groups excluding carboxylic acids is 1. The summed E-state index contributed by atoms with van der Waals surface area (Å²) in [6.45, 7) is 1.15. The highest BCUT2D eigenvalue weighted by atomic mass is 32.2. The van der Waals surface area contributed by atoms with Crippen LogP contribution in [0.5, 0.6) is 0 Å². The van der Waals surface area contributed by atoms with Crippen LogP contribution in [0.15, 0.2) is 15.9 Å². The number of nitrogens with one attached hydrogen (secondary N) is 1. The maximum absolute atomic E-state index is 12.7. The molecule has 9 nitrogen and oxygen atoms in total. The number of carbonyl (C=O) groups is 1. The van der Waals surface area contributed by atoms with Crippen LogP contribution in [0.25, 0.3) is 11.2 Å². The summed E-state index contributed by atoms with van der Waals surface area (Å²) in [5.41, 5.74) is 6.19. The van der Waals surface area contributed by atoms with Gasteiger partial charge in [-0.05, 0) is 31.3 Å². The Labute approximate surface area is 200 Å². The van der Waals surface area contributed by atoms with E-state index in [4.69, 9.17) is 5.73 Å². The third kappa shape index (κ3) is 8.03. The molecule has 0 saturated carbocycles. The zero-order valence-corrected chi connectivity index (χ0v) is 21.2. The molecule has 3 N–H and O–H groups in total. The van der Waals surface area contributed by atoms with Crippen LogP contribution in [-0.4, -0.2) is 49.2 Å². The lowest BCUT2D eigenvalue weighted by Crippen LogP contribution is -2.41. The maximum Gasteiger partial charge on any atom is 0.332 e. The summed E-state index contributed by atoms with van der Waals surface area (Å²) in [6, 6.07) is -0.392. The van der Waals surface area contributed by atoms with Crippen molar-refractivity contribution in [3.63, 3.8) is 0 Å². The molecule has 2 rings (SSSR count). The number of amides is 1. The number of thioether (sulfide) groups is 1. The topological polar surface area (TPSA) is 117 Å². The first-order valence-electron chi connectivity index (χ1n) is 12.0. The summed E-state index contributed by atoms with van der Waals surface area (Å²) in [6.07, 6.45) is 14.0. The Morgan fingerprint density at radius 2 is 1.67 bits per heavy atom. The first kappa shape index (κ1) is 27.2. The van der Waals surface area contributed by atoms with Crippen molar-refractivity contribution < 1.29 is 4.79 Å². The van der Waals surface area contributed by atoms with E-state index in [1.165, 1.54) is 28.4 Å². The summed E-state index contributed by atoms with van der Waals surface area (Å²) in [5.74, 6) is 0.872. The van der Waals surface area contributed by atoms with Gasteiger partial charge in [0.05, 0.1) is 12.4 Å². The standard InChI is InChI=1S/C23H40N6O3S/c1-27-17-26-20-19(27)22(31)29(23(32)28(20)2)15-12-10-8-6-4-5-7-9-11-14-25-21(30)18(24)13-16-33-3/h17-18H,4-16,24H2,1-3H3,(H,25,30). The van der Waals surface area contributed by atoms with Crippen molar-refractivity contribution >= 4 is 28.8 Å². The molecular weight excluding hydrogens is 440 g/mol. The van der Waals surface area contributed by atoms with Gasteiger partial charge in [0.2, 0.25) is 5.91 Å². The van der Waals surface area contributed by atoms with Crippen LogP contribution in [0.4, 0.5) is 0 Å². The molecule has 10 heteroatoms. The Kier molecular flexibility index (Phi) is 11.7. The Morgan fingerprint density at radius 3 is 2.30 bits per heavy atom. The summed E-state index contributed by atoms with van der Waals surface area (Å²) >= 11 is 1.70. The zero-order chi connectivity index (χ0) is 24.2. The number of hydrogen-bond acceptors (Lipinski definition) is 6. The molecule has 0 saturated heterocycles. The van der Waals surface area contributed by atoms with Crippen LogP contribution in [-0.2, 0) is 25.4 Å². The third-order valence-electron chi connectivity index (χ3n) is 6.03. The molecule has 0 spiro atoms. The fraction of sp³-hybridized carbons (Fsp3) is 0.739. The number of nitrogens with zero attached hydrogens (tertiary/aromatic N) is 4. The van der Waals surface area contributed by atoms with Gasteiger partial charge in [-0.1, -0.05) is 44.9 Å². The van der Waals surface area contributed by atoms with Crippen LogP contribution in [0.2, 0.25) is 0 Å².